The van der Waals surface area contributed by atoms with Crippen LogP contribution in [0.2, 0.25) is 0 Å². The van der Waals surface area contributed by atoms with Gasteiger partial charge in [0.15, 0.2) is 0 Å². The molecule has 0 aliphatic heterocycles. The molecule has 0 atom stereocenters. The molecule has 0 aliphatic carbocycles. The first-order valence-corrected chi connectivity index (χ1v) is 11.6. The van der Waals surface area contributed by atoms with Crippen LogP contribution >= 0.6 is 90.4 Å². The third-order valence-corrected chi connectivity index (χ3v) is 8.16. The maximum Gasteiger partial charge on any atom is 0.119 e. The standard InChI is InChI=1S/C18H14I4O2/c19-9-15(21)11-23-17-5-1-13(2-6-17)14-3-7-18(8-4-14)24-12-16(22)10-20/h1-10H,11-12H2/b15-9+,16-10+. The van der Waals surface area contributed by atoms with E-state index in [-0.39, 0.29) is 0 Å². The summed E-state index contributed by atoms with van der Waals surface area (Å²) >= 11 is 8.99. The molecule has 0 heterocycles. The summed E-state index contributed by atoms with van der Waals surface area (Å²) in [7, 11) is 0. The lowest BCUT2D eigenvalue weighted by atomic mass is 10.1. The quantitative estimate of drug-likeness (QED) is 0.272. The Morgan fingerprint density at radius 2 is 1.00 bits per heavy atom. The second kappa shape index (κ2) is 11.2. The van der Waals surface area contributed by atoms with Crippen LogP contribution in [0.25, 0.3) is 11.1 Å². The number of hydrogen-bond acceptors (Lipinski definition) is 2. The summed E-state index contributed by atoms with van der Waals surface area (Å²) in [6.07, 6.45) is 0. The highest BCUT2D eigenvalue weighted by atomic mass is 127. The third-order valence-electron chi connectivity index (χ3n) is 3.03. The van der Waals surface area contributed by atoms with Crippen molar-refractivity contribution >= 4 is 90.4 Å². The Labute approximate surface area is 197 Å². The minimum absolute atomic E-state index is 0.610. The first kappa shape index (κ1) is 20.7. The highest BCUT2D eigenvalue weighted by Gasteiger charge is 2.01. The first-order valence-electron chi connectivity index (χ1n) is 6.98. The van der Waals surface area contributed by atoms with Crippen molar-refractivity contribution in [1.82, 2.24) is 0 Å². The summed E-state index contributed by atoms with van der Waals surface area (Å²) in [6.45, 7) is 1.22. The van der Waals surface area contributed by atoms with E-state index in [4.69, 9.17) is 9.47 Å². The molecule has 0 unspecified atom stereocenters. The number of ether oxygens (including phenoxy) is 2. The van der Waals surface area contributed by atoms with Crippen molar-refractivity contribution in [2.45, 2.75) is 0 Å². The molecule has 0 radical (unpaired) electrons. The van der Waals surface area contributed by atoms with Gasteiger partial charge in [0.05, 0.1) is 0 Å². The SMILES string of the molecule is I/C=C(/I)COc1ccc(-c2ccc(OC/C(I)=C\I)cc2)cc1. The molecule has 0 aromatic heterocycles. The lowest BCUT2D eigenvalue weighted by Crippen LogP contribution is -1.96. The monoisotopic (exact) mass is 770 g/mol. The van der Waals surface area contributed by atoms with Gasteiger partial charge in [-0.1, -0.05) is 69.4 Å². The maximum atomic E-state index is 5.73. The summed E-state index contributed by atoms with van der Waals surface area (Å²) < 4.78 is 17.9. The summed E-state index contributed by atoms with van der Waals surface area (Å²) in [6, 6.07) is 16.3. The third kappa shape index (κ3) is 6.98. The predicted molar refractivity (Wildman–Crippen MR) is 135 cm³/mol. The lowest BCUT2D eigenvalue weighted by molar-refractivity contribution is 0.361. The van der Waals surface area contributed by atoms with Crippen molar-refractivity contribution in [3.05, 3.63) is 63.9 Å². The molecule has 0 aliphatic rings. The second-order valence-corrected chi connectivity index (χ2v) is 8.75. The van der Waals surface area contributed by atoms with Crippen LogP contribution in [0.15, 0.2) is 63.9 Å². The van der Waals surface area contributed by atoms with E-state index in [1.54, 1.807) is 0 Å². The van der Waals surface area contributed by atoms with Gasteiger partial charge in [-0.05, 0) is 88.7 Å². The fourth-order valence-corrected chi connectivity index (χ4v) is 2.53. The predicted octanol–water partition coefficient (Wildman–Crippen LogP) is 7.53. The molecule has 6 heteroatoms. The van der Waals surface area contributed by atoms with E-state index in [0.717, 1.165) is 22.6 Å². The molecule has 0 saturated carbocycles. The zero-order chi connectivity index (χ0) is 17.4. The van der Waals surface area contributed by atoms with E-state index in [2.05, 4.69) is 115 Å². The Kier molecular flexibility index (Phi) is 9.70. The fourth-order valence-electron chi connectivity index (χ4n) is 1.85. The first-order chi connectivity index (χ1) is 11.6. The zero-order valence-electron chi connectivity index (χ0n) is 12.5. The number of halogens is 4. The van der Waals surface area contributed by atoms with Crippen LogP contribution < -0.4 is 9.47 Å². The van der Waals surface area contributed by atoms with Crippen molar-refractivity contribution in [1.29, 1.82) is 0 Å². The van der Waals surface area contributed by atoms with Gasteiger partial charge in [0.1, 0.15) is 24.7 Å². The van der Waals surface area contributed by atoms with E-state index in [1.807, 2.05) is 32.4 Å². The molecule has 2 rings (SSSR count). The van der Waals surface area contributed by atoms with E-state index < -0.39 is 0 Å². The summed E-state index contributed by atoms with van der Waals surface area (Å²) in [5, 5.41) is 0. The minimum atomic E-state index is 0.610. The van der Waals surface area contributed by atoms with Gasteiger partial charge in [-0.15, -0.1) is 0 Å². The molecule has 126 valence electrons. The molecular formula is C18H14I4O2. The zero-order valence-corrected chi connectivity index (χ0v) is 21.1. The largest absolute Gasteiger partial charge is 0.488 e. The Morgan fingerprint density at radius 3 is 1.29 bits per heavy atom. The second-order valence-electron chi connectivity index (χ2n) is 4.74. The minimum Gasteiger partial charge on any atom is -0.488 e. The molecule has 0 fully saturated rings. The number of benzene rings is 2. The Balaban J connectivity index is 1.98. The number of hydrogen-bond donors (Lipinski definition) is 0. The Hall–Kier alpha value is 0.440. The van der Waals surface area contributed by atoms with Gasteiger partial charge in [-0.3, -0.25) is 0 Å². The summed E-state index contributed by atoms with van der Waals surface area (Å²) in [5.74, 6) is 1.76. The van der Waals surface area contributed by atoms with Crippen molar-refractivity contribution in [2.75, 3.05) is 13.2 Å². The number of rotatable bonds is 7. The van der Waals surface area contributed by atoms with Crippen LogP contribution in [0.1, 0.15) is 0 Å². The fraction of sp³-hybridized carbons (Fsp3) is 0.111. The average molecular weight is 770 g/mol. The van der Waals surface area contributed by atoms with Crippen LogP contribution in [0.4, 0.5) is 0 Å². The molecule has 0 N–H and O–H groups in total. The molecule has 2 nitrogen and oxygen atoms in total. The highest BCUT2D eigenvalue weighted by molar-refractivity contribution is 14.1. The summed E-state index contributed by atoms with van der Waals surface area (Å²) in [5.41, 5.74) is 2.32. The van der Waals surface area contributed by atoms with E-state index in [1.165, 1.54) is 7.16 Å². The molecular weight excluding hydrogens is 756 g/mol. The molecule has 0 bridgehead atoms. The Morgan fingerprint density at radius 1 is 0.667 bits per heavy atom. The topological polar surface area (TPSA) is 18.5 Å². The Bertz CT molecular complexity index is 643. The van der Waals surface area contributed by atoms with Crippen LogP contribution in [0.3, 0.4) is 0 Å². The van der Waals surface area contributed by atoms with E-state index in [0.29, 0.717) is 13.2 Å². The van der Waals surface area contributed by atoms with Gasteiger partial charge in [0, 0.05) is 7.16 Å². The lowest BCUT2D eigenvalue weighted by Gasteiger charge is -2.08. The van der Waals surface area contributed by atoms with E-state index >= 15 is 0 Å². The van der Waals surface area contributed by atoms with Crippen molar-refractivity contribution < 1.29 is 9.47 Å². The van der Waals surface area contributed by atoms with Gasteiger partial charge in [-0.25, -0.2) is 0 Å². The van der Waals surface area contributed by atoms with Crippen LogP contribution in [0.5, 0.6) is 11.5 Å². The van der Waals surface area contributed by atoms with E-state index in [9.17, 15) is 0 Å². The van der Waals surface area contributed by atoms with Gasteiger partial charge >= 0.3 is 0 Å². The molecule has 2 aromatic carbocycles. The summed E-state index contributed by atoms with van der Waals surface area (Å²) in [4.78, 5) is 0. The molecule has 0 spiro atoms. The van der Waals surface area contributed by atoms with Gasteiger partial charge in [0.2, 0.25) is 0 Å². The molecule has 0 amide bonds. The van der Waals surface area contributed by atoms with Crippen molar-refractivity contribution in [3.63, 3.8) is 0 Å². The molecule has 2 aromatic rings. The van der Waals surface area contributed by atoms with Gasteiger partial charge < -0.3 is 9.47 Å². The van der Waals surface area contributed by atoms with Crippen molar-refractivity contribution in [2.24, 2.45) is 0 Å². The molecule has 24 heavy (non-hydrogen) atoms. The average Bonchev–Trinajstić information content (AvgIpc) is 2.65. The molecule has 0 saturated heterocycles. The van der Waals surface area contributed by atoms with Crippen molar-refractivity contribution in [3.8, 4) is 22.6 Å². The van der Waals surface area contributed by atoms with Crippen LogP contribution in [0, 0.1) is 0 Å². The highest BCUT2D eigenvalue weighted by Crippen LogP contribution is 2.25. The normalized spacial score (nSPS) is 12.2. The van der Waals surface area contributed by atoms with Crippen LogP contribution in [-0.4, -0.2) is 13.2 Å². The van der Waals surface area contributed by atoms with Gasteiger partial charge in [-0.2, -0.15) is 0 Å². The van der Waals surface area contributed by atoms with Gasteiger partial charge in [0.25, 0.3) is 0 Å². The smallest absolute Gasteiger partial charge is 0.119 e. The van der Waals surface area contributed by atoms with Crippen LogP contribution in [-0.2, 0) is 0 Å². The maximum absolute atomic E-state index is 5.73.